The molecular weight excluding hydrogens is 394 g/mol. The molecule has 176 valence electrons. The Labute approximate surface area is 177 Å². The second-order valence-electron chi connectivity index (χ2n) is 9.05. The van der Waals surface area contributed by atoms with Crippen LogP contribution < -0.4 is 28.3 Å². The van der Waals surface area contributed by atoms with Crippen molar-refractivity contribution in [3.05, 3.63) is 0 Å². The zero-order valence-corrected chi connectivity index (χ0v) is 17.9. The smallest absolute Gasteiger partial charge is 0.185 e. The first-order valence-corrected chi connectivity index (χ1v) is 10.8. The quantitative estimate of drug-likeness (QED) is 0.226. The second-order valence-corrected chi connectivity index (χ2v) is 9.05. The van der Waals surface area contributed by atoms with Gasteiger partial charge in [0.05, 0.1) is 37.0 Å². The van der Waals surface area contributed by atoms with Crippen LogP contribution in [0.15, 0.2) is 0 Å². The zero-order valence-electron chi connectivity index (χ0n) is 17.9. The third-order valence-corrected chi connectivity index (χ3v) is 6.48. The maximum atomic E-state index is 10.6. The topological polar surface area (TPSA) is 193 Å². The van der Waals surface area contributed by atoms with E-state index in [9.17, 15) is 10.2 Å². The van der Waals surface area contributed by atoms with Gasteiger partial charge in [-0.3, -0.25) is 0 Å². The van der Waals surface area contributed by atoms with Crippen LogP contribution in [-0.4, -0.2) is 97.2 Å². The van der Waals surface area contributed by atoms with E-state index in [2.05, 4.69) is 5.32 Å². The van der Waals surface area contributed by atoms with E-state index in [1.165, 1.54) is 0 Å². The highest BCUT2D eigenvalue weighted by Crippen LogP contribution is 2.31. The van der Waals surface area contributed by atoms with Crippen LogP contribution in [-0.2, 0) is 18.9 Å². The van der Waals surface area contributed by atoms with Gasteiger partial charge in [-0.2, -0.15) is 0 Å². The molecule has 3 rings (SSSR count). The summed E-state index contributed by atoms with van der Waals surface area (Å²) in [5, 5.41) is 24.0. The molecule has 0 aromatic carbocycles. The molecule has 0 aromatic heterocycles. The van der Waals surface area contributed by atoms with E-state index in [1.54, 1.807) is 14.0 Å². The number of nitrogens with two attached hydrogens (primary N) is 4. The number of aliphatic hydroxyl groups excluding tert-OH is 1. The number of nitrogens with one attached hydrogen (secondary N) is 1. The third-order valence-electron chi connectivity index (χ3n) is 6.48. The van der Waals surface area contributed by atoms with E-state index in [0.717, 1.165) is 12.8 Å². The van der Waals surface area contributed by atoms with Gasteiger partial charge in [-0.15, -0.1) is 0 Å². The summed E-state index contributed by atoms with van der Waals surface area (Å²) < 4.78 is 23.7. The average Bonchev–Trinajstić information content (AvgIpc) is 2.69. The molecule has 11 N–H and O–H groups in total. The molecule has 11 unspecified atom stereocenters. The summed E-state index contributed by atoms with van der Waals surface area (Å²) in [5.41, 5.74) is 23.3. The molecule has 0 bridgehead atoms. The first kappa shape index (κ1) is 24.2. The summed E-state index contributed by atoms with van der Waals surface area (Å²) in [6.45, 7) is 2.03. The lowest BCUT2D eigenvalue weighted by Gasteiger charge is -2.46. The van der Waals surface area contributed by atoms with Crippen LogP contribution in [0.5, 0.6) is 0 Å². The van der Waals surface area contributed by atoms with Crippen LogP contribution in [0.1, 0.15) is 32.6 Å². The summed E-state index contributed by atoms with van der Waals surface area (Å²) in [6.07, 6.45) is -1.02. The number of aliphatic hydroxyl groups is 2. The Balaban J connectivity index is 1.62. The largest absolute Gasteiger partial charge is 0.386 e. The average molecular weight is 434 g/mol. The number of ether oxygens (including phenoxy) is 4. The van der Waals surface area contributed by atoms with Gasteiger partial charge in [0.25, 0.3) is 0 Å². The van der Waals surface area contributed by atoms with Gasteiger partial charge < -0.3 is 57.4 Å². The highest BCUT2D eigenvalue weighted by molar-refractivity contribution is 4.99. The minimum atomic E-state index is -1.22. The van der Waals surface area contributed by atoms with Crippen LogP contribution in [0.3, 0.4) is 0 Å². The molecule has 11 heteroatoms. The Morgan fingerprint density at radius 1 is 1.03 bits per heavy atom. The molecule has 3 aliphatic rings. The van der Waals surface area contributed by atoms with Gasteiger partial charge in [-0.05, 0) is 33.2 Å². The summed E-state index contributed by atoms with van der Waals surface area (Å²) >= 11 is 0. The van der Waals surface area contributed by atoms with Crippen LogP contribution >= 0.6 is 0 Å². The second kappa shape index (κ2) is 10.0. The first-order valence-electron chi connectivity index (χ1n) is 10.8. The predicted octanol–water partition coefficient (Wildman–Crippen LogP) is -2.95. The lowest BCUT2D eigenvalue weighted by molar-refractivity contribution is -0.290. The highest BCUT2D eigenvalue weighted by atomic mass is 16.7. The van der Waals surface area contributed by atoms with Crippen molar-refractivity contribution in [1.82, 2.24) is 5.32 Å². The monoisotopic (exact) mass is 433 g/mol. The standard InChI is InChI=1S/C19H39N5O6/c1-19(26)8-27-18(15(25)16(19)24-2)30-14-6-13(11(22)5-12(14)23)29-17-10(21)4-3-9(7-20)28-17/h9-18,24-26H,3-8,20-23H2,1-2H3. The minimum Gasteiger partial charge on any atom is -0.386 e. The molecule has 0 spiro atoms. The van der Waals surface area contributed by atoms with Gasteiger partial charge in [0.15, 0.2) is 12.6 Å². The van der Waals surface area contributed by atoms with Gasteiger partial charge in [0.2, 0.25) is 0 Å². The summed E-state index contributed by atoms with van der Waals surface area (Å²) in [6, 6.07) is -1.50. The summed E-state index contributed by atoms with van der Waals surface area (Å²) in [7, 11) is 1.67. The highest BCUT2D eigenvalue weighted by Gasteiger charge is 2.48. The van der Waals surface area contributed by atoms with E-state index in [1.807, 2.05) is 0 Å². The van der Waals surface area contributed by atoms with Gasteiger partial charge >= 0.3 is 0 Å². The zero-order chi connectivity index (χ0) is 22.1. The van der Waals surface area contributed by atoms with Crippen molar-refractivity contribution >= 4 is 0 Å². The van der Waals surface area contributed by atoms with Crippen molar-refractivity contribution < 1.29 is 29.2 Å². The van der Waals surface area contributed by atoms with Crippen molar-refractivity contribution in [3.8, 4) is 0 Å². The summed E-state index contributed by atoms with van der Waals surface area (Å²) in [5.74, 6) is 0. The Bertz CT molecular complexity index is 558. The lowest BCUT2D eigenvalue weighted by atomic mass is 9.86. The van der Waals surface area contributed by atoms with Crippen molar-refractivity contribution in [3.63, 3.8) is 0 Å². The lowest BCUT2D eigenvalue weighted by Crippen LogP contribution is -2.66. The van der Waals surface area contributed by atoms with Crippen LogP contribution in [0, 0.1) is 0 Å². The van der Waals surface area contributed by atoms with Crippen molar-refractivity contribution in [2.45, 2.75) is 99.4 Å². The van der Waals surface area contributed by atoms with Gasteiger partial charge in [0.1, 0.15) is 11.7 Å². The Hall–Kier alpha value is -0.440. The maximum Gasteiger partial charge on any atom is 0.185 e. The molecule has 2 aliphatic heterocycles. The van der Waals surface area contributed by atoms with Gasteiger partial charge in [0, 0.05) is 25.0 Å². The van der Waals surface area contributed by atoms with Crippen molar-refractivity contribution in [2.24, 2.45) is 22.9 Å². The molecular formula is C19H39N5O6. The van der Waals surface area contributed by atoms with Gasteiger partial charge in [-0.25, -0.2) is 0 Å². The van der Waals surface area contributed by atoms with Crippen LogP contribution in [0.2, 0.25) is 0 Å². The molecule has 30 heavy (non-hydrogen) atoms. The molecule has 0 amide bonds. The minimum absolute atomic E-state index is 0.0207. The molecule has 0 radical (unpaired) electrons. The van der Waals surface area contributed by atoms with Crippen molar-refractivity contribution in [2.75, 3.05) is 20.2 Å². The van der Waals surface area contributed by atoms with Gasteiger partial charge in [-0.1, -0.05) is 0 Å². The third kappa shape index (κ3) is 5.30. The fraction of sp³-hybridized carbons (Fsp3) is 1.00. The predicted molar refractivity (Wildman–Crippen MR) is 109 cm³/mol. The Morgan fingerprint density at radius 3 is 2.27 bits per heavy atom. The SMILES string of the molecule is CNC1C(O)C(OC2CC(OC3OC(CN)CCC3N)C(N)CC2N)OCC1(C)O. The fourth-order valence-corrected chi connectivity index (χ4v) is 4.60. The van der Waals surface area contributed by atoms with E-state index in [4.69, 9.17) is 41.9 Å². The molecule has 1 saturated carbocycles. The number of likely N-dealkylation sites (N-methyl/N-ethyl adjacent to an activating group) is 1. The van der Waals surface area contributed by atoms with E-state index in [-0.39, 0.29) is 36.9 Å². The van der Waals surface area contributed by atoms with Crippen molar-refractivity contribution in [1.29, 1.82) is 0 Å². The van der Waals surface area contributed by atoms with E-state index >= 15 is 0 Å². The Morgan fingerprint density at radius 2 is 1.67 bits per heavy atom. The first-order chi connectivity index (χ1) is 14.2. The number of hydrogen-bond donors (Lipinski definition) is 7. The van der Waals surface area contributed by atoms with Crippen LogP contribution in [0.4, 0.5) is 0 Å². The fourth-order valence-electron chi connectivity index (χ4n) is 4.60. The molecule has 11 atom stereocenters. The number of hydrogen-bond acceptors (Lipinski definition) is 11. The molecule has 11 nitrogen and oxygen atoms in total. The maximum absolute atomic E-state index is 10.6. The molecule has 0 aromatic rings. The molecule has 2 heterocycles. The molecule has 2 saturated heterocycles. The summed E-state index contributed by atoms with van der Waals surface area (Å²) in [4.78, 5) is 0. The normalized spacial score (nSPS) is 50.4. The Kier molecular flexibility index (Phi) is 8.07. The van der Waals surface area contributed by atoms with Crippen LogP contribution in [0.25, 0.3) is 0 Å². The van der Waals surface area contributed by atoms with E-state index < -0.39 is 36.4 Å². The number of rotatable bonds is 6. The van der Waals surface area contributed by atoms with E-state index in [0.29, 0.717) is 19.4 Å². The molecule has 1 aliphatic carbocycles. The molecule has 3 fully saturated rings.